The Morgan fingerprint density at radius 1 is 1.19 bits per heavy atom. The zero-order valence-electron chi connectivity index (χ0n) is 14.5. The SMILES string of the molecule is COc1ccccc1N1CC(C(=O)N2CCC(C(F)(F)F)CC2)CC1=O. The molecule has 2 amide bonds. The van der Waals surface area contributed by atoms with Crippen molar-refractivity contribution in [3.63, 3.8) is 0 Å². The van der Waals surface area contributed by atoms with Crippen LogP contribution >= 0.6 is 0 Å². The lowest BCUT2D eigenvalue weighted by Crippen LogP contribution is -2.45. The molecular weight excluding hydrogens is 349 g/mol. The van der Waals surface area contributed by atoms with Crippen molar-refractivity contribution in [3.05, 3.63) is 24.3 Å². The van der Waals surface area contributed by atoms with Crippen LogP contribution in [0.5, 0.6) is 5.75 Å². The van der Waals surface area contributed by atoms with E-state index in [-0.39, 0.29) is 50.7 Å². The highest BCUT2D eigenvalue weighted by atomic mass is 19.4. The number of piperidine rings is 1. The molecule has 0 radical (unpaired) electrons. The number of amides is 2. The highest BCUT2D eigenvalue weighted by Gasteiger charge is 2.44. The number of hydrogen-bond acceptors (Lipinski definition) is 3. The highest BCUT2D eigenvalue weighted by Crippen LogP contribution is 2.36. The molecular formula is C18H21F3N2O3. The Morgan fingerprint density at radius 3 is 2.46 bits per heavy atom. The maximum Gasteiger partial charge on any atom is 0.391 e. The molecule has 2 heterocycles. The average molecular weight is 370 g/mol. The van der Waals surface area contributed by atoms with Gasteiger partial charge in [-0.1, -0.05) is 12.1 Å². The van der Waals surface area contributed by atoms with Gasteiger partial charge in [-0.25, -0.2) is 0 Å². The van der Waals surface area contributed by atoms with Gasteiger partial charge in [0.05, 0.1) is 24.6 Å². The third kappa shape index (κ3) is 3.64. The maximum atomic E-state index is 12.8. The number of hydrogen-bond donors (Lipinski definition) is 0. The van der Waals surface area contributed by atoms with Crippen molar-refractivity contribution in [2.45, 2.75) is 25.4 Å². The smallest absolute Gasteiger partial charge is 0.391 e. The number of ether oxygens (including phenoxy) is 1. The van der Waals surface area contributed by atoms with Gasteiger partial charge in [0.2, 0.25) is 11.8 Å². The minimum absolute atomic E-state index is 0.0656. The Kier molecular flexibility index (Phi) is 5.11. The molecule has 8 heteroatoms. The van der Waals surface area contributed by atoms with Gasteiger partial charge >= 0.3 is 6.18 Å². The van der Waals surface area contributed by atoms with Gasteiger partial charge in [0.1, 0.15) is 5.75 Å². The lowest BCUT2D eigenvalue weighted by molar-refractivity contribution is -0.186. The van der Waals surface area contributed by atoms with Crippen LogP contribution in [-0.4, -0.2) is 49.6 Å². The average Bonchev–Trinajstić information content (AvgIpc) is 3.02. The number of carbonyl (C=O) groups is 2. The van der Waals surface area contributed by atoms with E-state index in [4.69, 9.17) is 4.74 Å². The summed E-state index contributed by atoms with van der Waals surface area (Å²) in [4.78, 5) is 28.0. The van der Waals surface area contributed by atoms with Gasteiger partial charge in [0.25, 0.3) is 0 Å². The summed E-state index contributed by atoms with van der Waals surface area (Å²) in [6, 6.07) is 7.05. The minimum Gasteiger partial charge on any atom is -0.495 e. The lowest BCUT2D eigenvalue weighted by Gasteiger charge is -2.34. The Morgan fingerprint density at radius 2 is 1.85 bits per heavy atom. The first-order chi connectivity index (χ1) is 12.3. The number of carbonyl (C=O) groups excluding carboxylic acids is 2. The van der Waals surface area contributed by atoms with E-state index in [9.17, 15) is 22.8 Å². The maximum absolute atomic E-state index is 12.8. The monoisotopic (exact) mass is 370 g/mol. The third-order valence-electron chi connectivity index (χ3n) is 5.12. The fourth-order valence-corrected chi connectivity index (χ4v) is 3.64. The van der Waals surface area contributed by atoms with Crippen molar-refractivity contribution in [2.75, 3.05) is 31.6 Å². The molecule has 2 fully saturated rings. The normalized spacial score (nSPS) is 22.0. The first kappa shape index (κ1) is 18.5. The second-order valence-corrected chi connectivity index (χ2v) is 6.72. The number of alkyl halides is 3. The molecule has 2 aliphatic heterocycles. The molecule has 26 heavy (non-hydrogen) atoms. The number of methoxy groups -OCH3 is 1. The highest BCUT2D eigenvalue weighted by molar-refractivity contribution is 6.01. The number of benzene rings is 1. The number of nitrogens with zero attached hydrogens (tertiary/aromatic N) is 2. The van der Waals surface area contributed by atoms with E-state index >= 15 is 0 Å². The molecule has 0 N–H and O–H groups in total. The lowest BCUT2D eigenvalue weighted by atomic mass is 9.95. The second-order valence-electron chi connectivity index (χ2n) is 6.72. The van der Waals surface area contributed by atoms with Gasteiger partial charge in [-0.05, 0) is 25.0 Å². The van der Waals surface area contributed by atoms with Gasteiger partial charge in [-0.15, -0.1) is 0 Å². The van der Waals surface area contributed by atoms with E-state index in [1.807, 2.05) is 0 Å². The van der Waals surface area contributed by atoms with E-state index in [2.05, 4.69) is 0 Å². The predicted octanol–water partition coefficient (Wildman–Crippen LogP) is 2.85. The summed E-state index contributed by atoms with van der Waals surface area (Å²) in [5.74, 6) is -1.76. The van der Waals surface area contributed by atoms with Gasteiger partial charge in [-0.2, -0.15) is 13.2 Å². The summed E-state index contributed by atoms with van der Waals surface area (Å²) >= 11 is 0. The fourth-order valence-electron chi connectivity index (χ4n) is 3.64. The number of rotatable bonds is 3. The molecule has 0 aromatic heterocycles. The molecule has 0 spiro atoms. The summed E-state index contributed by atoms with van der Waals surface area (Å²) in [5, 5.41) is 0. The van der Waals surface area contributed by atoms with E-state index in [1.165, 1.54) is 16.9 Å². The van der Waals surface area contributed by atoms with Crippen molar-refractivity contribution in [1.82, 2.24) is 4.90 Å². The molecule has 3 rings (SSSR count). The standard InChI is InChI=1S/C18H21F3N2O3/c1-26-15-5-3-2-4-14(15)23-11-12(10-16(23)24)17(25)22-8-6-13(7-9-22)18(19,20)21/h2-5,12-13H,6-11H2,1H3. The second kappa shape index (κ2) is 7.17. The summed E-state index contributed by atoms with van der Waals surface area (Å²) < 4.78 is 43.6. The van der Waals surface area contributed by atoms with E-state index < -0.39 is 18.0 Å². The van der Waals surface area contributed by atoms with Crippen molar-refractivity contribution in [3.8, 4) is 5.75 Å². The Labute approximate surface area is 149 Å². The molecule has 1 atom stereocenters. The van der Waals surface area contributed by atoms with E-state index in [0.29, 0.717) is 11.4 Å². The molecule has 1 unspecified atom stereocenters. The topological polar surface area (TPSA) is 49.9 Å². The van der Waals surface area contributed by atoms with E-state index in [1.54, 1.807) is 24.3 Å². The molecule has 5 nitrogen and oxygen atoms in total. The van der Waals surface area contributed by atoms with Crippen LogP contribution in [0.2, 0.25) is 0 Å². The fraction of sp³-hybridized carbons (Fsp3) is 0.556. The number of likely N-dealkylation sites (tertiary alicyclic amines) is 1. The molecule has 142 valence electrons. The quantitative estimate of drug-likeness (QED) is 0.822. The van der Waals surface area contributed by atoms with Gasteiger partial charge in [0, 0.05) is 26.1 Å². The zero-order chi connectivity index (χ0) is 18.9. The Hall–Kier alpha value is -2.25. The minimum atomic E-state index is -4.21. The van der Waals surface area contributed by atoms with Crippen molar-refractivity contribution < 1.29 is 27.5 Å². The molecule has 1 aromatic rings. The first-order valence-corrected chi connectivity index (χ1v) is 8.60. The van der Waals surface area contributed by atoms with Crippen LogP contribution in [0.25, 0.3) is 0 Å². The van der Waals surface area contributed by atoms with Crippen LogP contribution in [0.15, 0.2) is 24.3 Å². The van der Waals surface area contributed by atoms with Crippen LogP contribution in [0.1, 0.15) is 19.3 Å². The van der Waals surface area contributed by atoms with Gasteiger partial charge < -0.3 is 14.5 Å². The van der Waals surface area contributed by atoms with Crippen LogP contribution < -0.4 is 9.64 Å². The van der Waals surface area contributed by atoms with Gasteiger partial charge in [0.15, 0.2) is 0 Å². The van der Waals surface area contributed by atoms with Crippen LogP contribution in [0, 0.1) is 11.8 Å². The van der Waals surface area contributed by atoms with Crippen LogP contribution in [0.4, 0.5) is 18.9 Å². The third-order valence-corrected chi connectivity index (χ3v) is 5.12. The Bertz CT molecular complexity index is 685. The Balaban J connectivity index is 1.65. The number of para-hydroxylation sites is 2. The molecule has 1 aromatic carbocycles. The molecule has 0 aliphatic carbocycles. The molecule has 2 saturated heterocycles. The van der Waals surface area contributed by atoms with Crippen molar-refractivity contribution >= 4 is 17.5 Å². The molecule has 2 aliphatic rings. The summed E-state index contributed by atoms with van der Waals surface area (Å²) in [6.07, 6.45) is -4.30. The summed E-state index contributed by atoms with van der Waals surface area (Å²) in [5.41, 5.74) is 0.603. The largest absolute Gasteiger partial charge is 0.495 e. The van der Waals surface area contributed by atoms with E-state index in [0.717, 1.165) is 0 Å². The molecule has 0 saturated carbocycles. The van der Waals surface area contributed by atoms with Crippen LogP contribution in [0.3, 0.4) is 0 Å². The van der Waals surface area contributed by atoms with Crippen molar-refractivity contribution in [2.24, 2.45) is 11.8 Å². The number of halogens is 3. The zero-order valence-corrected chi connectivity index (χ0v) is 14.5. The number of anilines is 1. The van der Waals surface area contributed by atoms with Gasteiger partial charge in [-0.3, -0.25) is 9.59 Å². The predicted molar refractivity (Wildman–Crippen MR) is 88.8 cm³/mol. The summed E-state index contributed by atoms with van der Waals surface area (Å²) in [7, 11) is 1.51. The first-order valence-electron chi connectivity index (χ1n) is 8.60. The van der Waals surface area contributed by atoms with Crippen LogP contribution in [-0.2, 0) is 9.59 Å². The summed E-state index contributed by atoms with van der Waals surface area (Å²) in [6.45, 7) is 0.391. The van der Waals surface area contributed by atoms with Crippen molar-refractivity contribution in [1.29, 1.82) is 0 Å². The molecule has 0 bridgehead atoms.